The Bertz CT molecular complexity index is 1110. The highest BCUT2D eigenvalue weighted by molar-refractivity contribution is 5.95. The predicted molar refractivity (Wildman–Crippen MR) is 103 cm³/mol. The first-order valence-corrected chi connectivity index (χ1v) is 9.15. The molecule has 0 aliphatic heterocycles. The summed E-state index contributed by atoms with van der Waals surface area (Å²) in [6.07, 6.45) is 3.71. The van der Waals surface area contributed by atoms with Gasteiger partial charge in [-0.25, -0.2) is 14.6 Å². The van der Waals surface area contributed by atoms with Crippen molar-refractivity contribution < 1.29 is 14.7 Å². The summed E-state index contributed by atoms with van der Waals surface area (Å²) in [4.78, 5) is 41.3. The first-order valence-electron chi connectivity index (χ1n) is 9.15. The van der Waals surface area contributed by atoms with Crippen molar-refractivity contribution in [2.45, 2.75) is 32.4 Å². The van der Waals surface area contributed by atoms with E-state index >= 15 is 0 Å². The molecule has 8 nitrogen and oxygen atoms in total. The van der Waals surface area contributed by atoms with Crippen LogP contribution in [-0.2, 0) is 11.3 Å². The summed E-state index contributed by atoms with van der Waals surface area (Å²) < 4.78 is 3.01. The number of benzene rings is 1. The fraction of sp³-hybridized carbons (Fsp3) is 0.300. The smallest absolute Gasteiger partial charge is 0.335 e. The van der Waals surface area contributed by atoms with Gasteiger partial charge in [-0.2, -0.15) is 0 Å². The Morgan fingerprint density at radius 3 is 2.68 bits per heavy atom. The number of aromatic nitrogens is 3. The van der Waals surface area contributed by atoms with Gasteiger partial charge in [-0.1, -0.05) is 6.07 Å². The number of hydrogen-bond acceptors (Lipinski definition) is 4. The zero-order valence-electron chi connectivity index (χ0n) is 15.3. The van der Waals surface area contributed by atoms with Gasteiger partial charge in [0.1, 0.15) is 11.9 Å². The monoisotopic (exact) mass is 380 g/mol. The van der Waals surface area contributed by atoms with Crippen LogP contribution in [0.5, 0.6) is 0 Å². The summed E-state index contributed by atoms with van der Waals surface area (Å²) in [6, 6.07) is 8.89. The van der Waals surface area contributed by atoms with Crippen molar-refractivity contribution in [3.8, 4) is 0 Å². The molecule has 0 spiro atoms. The second-order valence-corrected chi connectivity index (χ2v) is 7.10. The molecular formula is C20H20N4O4. The van der Waals surface area contributed by atoms with E-state index in [2.05, 4.69) is 10.3 Å². The lowest BCUT2D eigenvalue weighted by atomic mass is 10.2. The second-order valence-electron chi connectivity index (χ2n) is 7.10. The van der Waals surface area contributed by atoms with Gasteiger partial charge in [0.25, 0.3) is 0 Å². The molecule has 28 heavy (non-hydrogen) atoms. The minimum absolute atomic E-state index is 0.0714. The quantitative estimate of drug-likeness (QED) is 0.683. The molecule has 0 unspecified atom stereocenters. The summed E-state index contributed by atoms with van der Waals surface area (Å²) in [5, 5.41) is 12.0. The number of carboxylic acid groups (broad SMARTS) is 1. The van der Waals surface area contributed by atoms with Crippen LogP contribution in [0.4, 0.5) is 5.82 Å². The van der Waals surface area contributed by atoms with Crippen molar-refractivity contribution in [3.05, 3.63) is 58.6 Å². The largest absolute Gasteiger partial charge is 0.478 e. The average Bonchev–Trinajstić information content (AvgIpc) is 3.46. The molecule has 1 fully saturated rings. The van der Waals surface area contributed by atoms with Crippen molar-refractivity contribution in [2.24, 2.45) is 5.92 Å². The summed E-state index contributed by atoms with van der Waals surface area (Å²) in [7, 11) is 0. The number of aromatic carboxylic acids is 1. The molecular weight excluding hydrogens is 360 g/mol. The van der Waals surface area contributed by atoms with Crippen LogP contribution in [0, 0.1) is 5.92 Å². The van der Waals surface area contributed by atoms with E-state index in [0.29, 0.717) is 29.3 Å². The summed E-state index contributed by atoms with van der Waals surface area (Å²) >= 11 is 0. The maximum atomic E-state index is 13.1. The van der Waals surface area contributed by atoms with Crippen LogP contribution in [0.15, 0.2) is 47.4 Å². The van der Waals surface area contributed by atoms with Gasteiger partial charge < -0.3 is 10.4 Å². The number of carbonyl (C=O) groups excluding carboxylic acids is 1. The fourth-order valence-corrected chi connectivity index (χ4v) is 3.31. The number of nitrogens with zero attached hydrogens (tertiary/aromatic N) is 3. The Morgan fingerprint density at radius 2 is 2.04 bits per heavy atom. The first-order chi connectivity index (χ1) is 13.5. The van der Waals surface area contributed by atoms with E-state index in [0.717, 1.165) is 12.8 Å². The third-order valence-corrected chi connectivity index (χ3v) is 5.03. The molecule has 0 radical (unpaired) electrons. The number of amides is 1. The topological polar surface area (TPSA) is 106 Å². The molecule has 1 aliphatic rings. The van der Waals surface area contributed by atoms with Gasteiger partial charge in [0.2, 0.25) is 5.91 Å². The van der Waals surface area contributed by atoms with Crippen molar-refractivity contribution in [2.75, 3.05) is 5.32 Å². The highest BCUT2D eigenvalue weighted by Gasteiger charge is 2.28. The zero-order valence-corrected chi connectivity index (χ0v) is 15.3. The SMILES string of the molecule is C[C@@H](C(=O)Nc1ccccn1)n1c(=O)n(CC2CC2)c2ccc(C(=O)O)cc21. The Morgan fingerprint density at radius 1 is 1.25 bits per heavy atom. The molecule has 3 aromatic rings. The highest BCUT2D eigenvalue weighted by Crippen LogP contribution is 2.31. The lowest BCUT2D eigenvalue weighted by Gasteiger charge is -2.13. The molecule has 1 aliphatic carbocycles. The Kier molecular flexibility index (Phi) is 4.46. The molecule has 2 N–H and O–H groups in total. The molecule has 1 saturated carbocycles. The van der Waals surface area contributed by atoms with Crippen molar-refractivity contribution in [3.63, 3.8) is 0 Å². The number of anilines is 1. The number of fused-ring (bicyclic) bond motifs is 1. The van der Waals surface area contributed by atoms with Crippen LogP contribution in [0.1, 0.15) is 36.2 Å². The standard InChI is InChI=1S/C20H20N4O4/c1-12(18(25)22-17-4-2-3-9-21-17)24-16-10-14(19(26)27)7-8-15(16)23(20(24)28)11-13-5-6-13/h2-4,7-10,12-13H,5-6,11H2,1H3,(H,26,27)(H,21,22,25)/t12-/m0/s1. The zero-order chi connectivity index (χ0) is 19.8. The molecule has 0 saturated heterocycles. The predicted octanol–water partition coefficient (Wildman–Crippen LogP) is 2.51. The van der Waals surface area contributed by atoms with Crippen LogP contribution in [-0.4, -0.2) is 31.1 Å². The van der Waals surface area contributed by atoms with Crippen LogP contribution < -0.4 is 11.0 Å². The van der Waals surface area contributed by atoms with E-state index in [4.69, 9.17) is 0 Å². The molecule has 4 rings (SSSR count). The van der Waals surface area contributed by atoms with Gasteiger partial charge in [-0.15, -0.1) is 0 Å². The minimum atomic E-state index is -1.08. The van der Waals surface area contributed by atoms with Crippen LogP contribution in [0.25, 0.3) is 11.0 Å². The van der Waals surface area contributed by atoms with Gasteiger partial charge in [0, 0.05) is 12.7 Å². The van der Waals surface area contributed by atoms with Gasteiger partial charge >= 0.3 is 11.7 Å². The lowest BCUT2D eigenvalue weighted by molar-refractivity contribution is -0.118. The van der Waals surface area contributed by atoms with Crippen LogP contribution in [0.2, 0.25) is 0 Å². The molecule has 8 heteroatoms. The number of carboxylic acids is 1. The lowest BCUT2D eigenvalue weighted by Crippen LogP contribution is -2.33. The maximum Gasteiger partial charge on any atom is 0.335 e. The molecule has 2 aromatic heterocycles. The third-order valence-electron chi connectivity index (χ3n) is 5.03. The molecule has 1 atom stereocenters. The number of carbonyl (C=O) groups is 2. The van der Waals surface area contributed by atoms with Crippen LogP contribution in [0.3, 0.4) is 0 Å². The Hall–Kier alpha value is -3.42. The molecule has 1 amide bonds. The summed E-state index contributed by atoms with van der Waals surface area (Å²) in [6.45, 7) is 2.19. The van der Waals surface area contributed by atoms with E-state index in [1.165, 1.54) is 16.7 Å². The Labute approximate surface area is 160 Å². The summed E-state index contributed by atoms with van der Waals surface area (Å²) in [5.74, 6) is -0.637. The Balaban J connectivity index is 1.78. The number of imidazole rings is 1. The highest BCUT2D eigenvalue weighted by atomic mass is 16.4. The van der Waals surface area contributed by atoms with Gasteiger partial charge in [-0.05, 0) is 56.0 Å². The molecule has 144 valence electrons. The van der Waals surface area contributed by atoms with E-state index in [1.807, 2.05) is 0 Å². The van der Waals surface area contributed by atoms with Gasteiger partial charge in [-0.3, -0.25) is 13.9 Å². The molecule has 1 aromatic carbocycles. The van der Waals surface area contributed by atoms with E-state index in [9.17, 15) is 19.5 Å². The minimum Gasteiger partial charge on any atom is -0.478 e. The molecule has 2 heterocycles. The molecule has 0 bridgehead atoms. The van der Waals surface area contributed by atoms with Crippen molar-refractivity contribution in [1.29, 1.82) is 0 Å². The maximum absolute atomic E-state index is 13.1. The third kappa shape index (κ3) is 3.28. The van der Waals surface area contributed by atoms with E-state index in [-0.39, 0.29) is 11.3 Å². The number of rotatable bonds is 6. The number of nitrogens with one attached hydrogen (secondary N) is 1. The second kappa shape index (κ2) is 6.95. The summed E-state index contributed by atoms with van der Waals surface area (Å²) in [5.41, 5.74) is 0.837. The van der Waals surface area contributed by atoms with E-state index in [1.54, 1.807) is 42.0 Å². The number of pyridine rings is 1. The van der Waals surface area contributed by atoms with Gasteiger partial charge in [0.05, 0.1) is 16.6 Å². The van der Waals surface area contributed by atoms with E-state index < -0.39 is 17.9 Å². The first kappa shape index (κ1) is 18.0. The average molecular weight is 380 g/mol. The van der Waals surface area contributed by atoms with Crippen molar-refractivity contribution in [1.82, 2.24) is 14.1 Å². The fourth-order valence-electron chi connectivity index (χ4n) is 3.31. The van der Waals surface area contributed by atoms with Crippen LogP contribution >= 0.6 is 0 Å². The number of hydrogen-bond donors (Lipinski definition) is 2. The van der Waals surface area contributed by atoms with Gasteiger partial charge in [0.15, 0.2) is 0 Å². The normalized spacial score (nSPS) is 14.8. The van der Waals surface area contributed by atoms with Crippen molar-refractivity contribution >= 4 is 28.7 Å².